The molecule has 1 fully saturated rings. The molecule has 0 aliphatic carbocycles. The summed E-state index contributed by atoms with van der Waals surface area (Å²) in [5, 5.41) is 2.86. The minimum absolute atomic E-state index is 0.0342. The normalized spacial score (nSPS) is 17.8. The Morgan fingerprint density at radius 3 is 2.43 bits per heavy atom. The van der Waals surface area contributed by atoms with Gasteiger partial charge in [-0.25, -0.2) is 8.42 Å². The van der Waals surface area contributed by atoms with E-state index in [4.69, 9.17) is 11.6 Å². The smallest absolute Gasteiger partial charge is 0.260 e. The molecular formula is C21H22ClN3O4S. The molecule has 0 radical (unpaired) electrons. The van der Waals surface area contributed by atoms with E-state index in [1.807, 2.05) is 0 Å². The predicted octanol–water partition coefficient (Wildman–Crippen LogP) is 3.50. The summed E-state index contributed by atoms with van der Waals surface area (Å²) >= 11 is 6.28. The lowest BCUT2D eigenvalue weighted by Crippen LogP contribution is -2.42. The predicted molar refractivity (Wildman–Crippen MR) is 115 cm³/mol. The highest BCUT2D eigenvalue weighted by atomic mass is 35.5. The van der Waals surface area contributed by atoms with Crippen LogP contribution in [-0.2, 0) is 14.8 Å². The van der Waals surface area contributed by atoms with Crippen LogP contribution in [0.5, 0.6) is 0 Å². The van der Waals surface area contributed by atoms with E-state index in [-0.39, 0.29) is 27.9 Å². The summed E-state index contributed by atoms with van der Waals surface area (Å²) in [7, 11) is -3.74. The van der Waals surface area contributed by atoms with Gasteiger partial charge in [-0.1, -0.05) is 36.6 Å². The van der Waals surface area contributed by atoms with Gasteiger partial charge >= 0.3 is 0 Å². The molecule has 30 heavy (non-hydrogen) atoms. The Hall–Kier alpha value is -2.42. The maximum Gasteiger partial charge on any atom is 0.260 e. The first-order valence-electron chi connectivity index (χ1n) is 9.88. The van der Waals surface area contributed by atoms with E-state index >= 15 is 0 Å². The molecule has 4 rings (SSSR count). The van der Waals surface area contributed by atoms with E-state index in [0.29, 0.717) is 24.5 Å². The number of rotatable bonds is 3. The molecule has 2 aliphatic heterocycles. The van der Waals surface area contributed by atoms with Crippen molar-refractivity contribution in [2.45, 2.75) is 30.6 Å². The van der Waals surface area contributed by atoms with Gasteiger partial charge in [0.2, 0.25) is 15.9 Å². The minimum atomic E-state index is -3.74. The molecule has 7 nitrogen and oxygen atoms in total. The standard InChI is InChI=1S/C21H22ClN3O4S/c22-17-10-9-15(30(28,29)24-11-5-1-2-6-12-24)13-16(17)21(27)25-14-20(26)23-18-7-3-4-8-19(18)25/h3-4,7-10,13H,1-2,5-6,11-12,14H2,(H,23,26). The Kier molecular flexibility index (Phi) is 5.81. The number of para-hydroxylation sites is 2. The number of carbonyl (C=O) groups excluding carboxylic acids is 2. The van der Waals surface area contributed by atoms with E-state index in [2.05, 4.69) is 5.32 Å². The monoisotopic (exact) mass is 447 g/mol. The molecular weight excluding hydrogens is 426 g/mol. The van der Waals surface area contributed by atoms with Gasteiger partial charge in [0, 0.05) is 13.1 Å². The van der Waals surface area contributed by atoms with Crippen molar-refractivity contribution in [3.63, 3.8) is 0 Å². The topological polar surface area (TPSA) is 86.8 Å². The summed E-state index contributed by atoms with van der Waals surface area (Å²) in [5.74, 6) is -0.846. The molecule has 2 aliphatic rings. The number of hydrogen-bond acceptors (Lipinski definition) is 4. The summed E-state index contributed by atoms with van der Waals surface area (Å²) in [6.45, 7) is 0.761. The zero-order valence-electron chi connectivity index (χ0n) is 16.3. The van der Waals surface area contributed by atoms with E-state index in [1.54, 1.807) is 24.3 Å². The van der Waals surface area contributed by atoms with Crippen LogP contribution >= 0.6 is 11.6 Å². The van der Waals surface area contributed by atoms with Crippen LogP contribution in [0, 0.1) is 0 Å². The number of anilines is 2. The summed E-state index contributed by atoms with van der Waals surface area (Å²) in [6.07, 6.45) is 3.65. The van der Waals surface area contributed by atoms with Gasteiger partial charge in [-0.2, -0.15) is 4.31 Å². The van der Waals surface area contributed by atoms with Gasteiger partial charge in [0.15, 0.2) is 0 Å². The van der Waals surface area contributed by atoms with Gasteiger partial charge in [0.1, 0.15) is 6.54 Å². The van der Waals surface area contributed by atoms with Crippen LogP contribution < -0.4 is 10.2 Å². The largest absolute Gasteiger partial charge is 0.323 e. The van der Waals surface area contributed by atoms with Crippen LogP contribution in [-0.4, -0.2) is 44.2 Å². The number of sulfonamides is 1. The Bertz CT molecular complexity index is 1100. The second-order valence-electron chi connectivity index (χ2n) is 7.42. The van der Waals surface area contributed by atoms with Crippen LogP contribution in [0.3, 0.4) is 0 Å². The van der Waals surface area contributed by atoms with Crippen molar-refractivity contribution in [1.29, 1.82) is 0 Å². The quantitative estimate of drug-likeness (QED) is 0.780. The molecule has 2 aromatic carbocycles. The van der Waals surface area contributed by atoms with Crippen molar-refractivity contribution >= 4 is 44.8 Å². The number of benzene rings is 2. The lowest BCUT2D eigenvalue weighted by Gasteiger charge is -2.29. The van der Waals surface area contributed by atoms with Crippen molar-refractivity contribution in [1.82, 2.24) is 4.31 Å². The molecule has 0 saturated carbocycles. The van der Waals surface area contributed by atoms with E-state index in [9.17, 15) is 18.0 Å². The van der Waals surface area contributed by atoms with Gasteiger partial charge in [0.25, 0.3) is 5.91 Å². The Morgan fingerprint density at radius 2 is 1.70 bits per heavy atom. The number of nitrogens with one attached hydrogen (secondary N) is 1. The maximum absolute atomic E-state index is 13.3. The number of amides is 2. The van der Waals surface area contributed by atoms with Crippen LogP contribution in [0.15, 0.2) is 47.4 Å². The highest BCUT2D eigenvalue weighted by molar-refractivity contribution is 7.89. The van der Waals surface area contributed by atoms with Crippen molar-refractivity contribution in [2.24, 2.45) is 0 Å². The fourth-order valence-corrected chi connectivity index (χ4v) is 5.56. The zero-order valence-corrected chi connectivity index (χ0v) is 17.9. The average Bonchev–Trinajstić information content (AvgIpc) is 3.03. The van der Waals surface area contributed by atoms with Crippen molar-refractivity contribution in [2.75, 3.05) is 29.9 Å². The van der Waals surface area contributed by atoms with Crippen molar-refractivity contribution in [3.8, 4) is 0 Å². The molecule has 0 unspecified atom stereocenters. The SMILES string of the molecule is O=C1CN(C(=O)c2cc(S(=O)(=O)N3CCCCCC3)ccc2Cl)c2ccccc2N1. The molecule has 0 spiro atoms. The first kappa shape index (κ1) is 20.8. The van der Waals surface area contributed by atoms with Crippen molar-refractivity contribution in [3.05, 3.63) is 53.1 Å². The van der Waals surface area contributed by atoms with Gasteiger partial charge in [-0.15, -0.1) is 0 Å². The van der Waals surface area contributed by atoms with Gasteiger partial charge in [-0.05, 0) is 43.2 Å². The molecule has 158 valence electrons. The fourth-order valence-electron chi connectivity index (χ4n) is 3.82. The van der Waals surface area contributed by atoms with Gasteiger partial charge in [-0.3, -0.25) is 14.5 Å². The zero-order chi connectivity index (χ0) is 21.3. The molecule has 9 heteroatoms. The second kappa shape index (κ2) is 8.37. The molecule has 0 bridgehead atoms. The molecule has 1 saturated heterocycles. The van der Waals surface area contributed by atoms with E-state index < -0.39 is 15.9 Å². The van der Waals surface area contributed by atoms with Gasteiger partial charge in [0.05, 0.1) is 26.9 Å². The molecule has 2 amide bonds. The molecule has 0 aromatic heterocycles. The van der Waals surface area contributed by atoms with Crippen LogP contribution in [0.2, 0.25) is 5.02 Å². The molecule has 1 N–H and O–H groups in total. The molecule has 0 atom stereocenters. The number of fused-ring (bicyclic) bond motifs is 1. The highest BCUT2D eigenvalue weighted by Gasteiger charge is 2.31. The number of carbonyl (C=O) groups is 2. The van der Waals surface area contributed by atoms with Crippen LogP contribution in [0.25, 0.3) is 0 Å². The summed E-state index contributed by atoms with van der Waals surface area (Å²) in [4.78, 5) is 26.7. The number of nitrogens with zero attached hydrogens (tertiary/aromatic N) is 2. The van der Waals surface area contributed by atoms with Crippen LogP contribution in [0.4, 0.5) is 11.4 Å². The summed E-state index contributed by atoms with van der Waals surface area (Å²) in [6, 6.07) is 11.1. The third kappa shape index (κ3) is 3.95. The third-order valence-corrected chi connectivity index (χ3v) is 7.61. The van der Waals surface area contributed by atoms with Crippen molar-refractivity contribution < 1.29 is 18.0 Å². The first-order valence-corrected chi connectivity index (χ1v) is 11.7. The molecule has 2 heterocycles. The Morgan fingerprint density at radius 1 is 1.00 bits per heavy atom. The average molecular weight is 448 g/mol. The lowest BCUT2D eigenvalue weighted by atomic mass is 10.1. The summed E-state index contributed by atoms with van der Waals surface area (Å²) < 4.78 is 27.8. The van der Waals surface area contributed by atoms with Crippen LogP contribution in [0.1, 0.15) is 36.0 Å². The van der Waals surface area contributed by atoms with Gasteiger partial charge < -0.3 is 5.32 Å². The fraction of sp³-hybridized carbons (Fsp3) is 0.333. The molecule has 2 aromatic rings. The number of halogens is 1. The Balaban J connectivity index is 1.70. The first-order chi connectivity index (χ1) is 14.4. The maximum atomic E-state index is 13.3. The lowest BCUT2D eigenvalue weighted by molar-refractivity contribution is -0.115. The Labute approximate surface area is 180 Å². The summed E-state index contributed by atoms with van der Waals surface area (Å²) in [5.41, 5.74) is 1.11. The highest BCUT2D eigenvalue weighted by Crippen LogP contribution is 2.32. The third-order valence-electron chi connectivity index (χ3n) is 5.39. The van der Waals surface area contributed by atoms with E-state index in [0.717, 1.165) is 25.7 Å². The second-order valence-corrected chi connectivity index (χ2v) is 9.76. The minimum Gasteiger partial charge on any atom is -0.323 e. The number of hydrogen-bond donors (Lipinski definition) is 1. The van der Waals surface area contributed by atoms with E-state index in [1.165, 1.54) is 27.4 Å².